The van der Waals surface area contributed by atoms with Crippen LogP contribution in [0, 0.1) is 12.8 Å². The number of carbonyl (C=O) groups excluding carboxylic acids is 1. The van der Waals surface area contributed by atoms with Gasteiger partial charge in [0.15, 0.2) is 0 Å². The molecule has 2 N–H and O–H groups in total. The molecule has 1 atom stereocenters. The standard InChI is InChI=1S/C15H25N5O/c1-4-7-17-13-11(2)14(19-10-18-13)20-8-5-6-12(9-20)15(21)16-3/h10,12H,4-9H2,1-3H3,(H,16,21)(H,17,18,19). The molecular weight excluding hydrogens is 266 g/mol. The maximum Gasteiger partial charge on any atom is 0.224 e. The summed E-state index contributed by atoms with van der Waals surface area (Å²) in [4.78, 5) is 22.8. The highest BCUT2D eigenvalue weighted by atomic mass is 16.1. The predicted octanol–water partition coefficient (Wildman–Crippen LogP) is 1.57. The highest BCUT2D eigenvalue weighted by molar-refractivity contribution is 5.79. The van der Waals surface area contributed by atoms with Gasteiger partial charge in [-0.3, -0.25) is 4.79 Å². The molecule has 1 aromatic rings. The maximum atomic E-state index is 11.9. The van der Waals surface area contributed by atoms with Crippen LogP contribution < -0.4 is 15.5 Å². The first-order valence-corrected chi connectivity index (χ1v) is 7.69. The quantitative estimate of drug-likeness (QED) is 0.862. The Labute approximate surface area is 126 Å². The van der Waals surface area contributed by atoms with Crippen molar-refractivity contribution in [3.8, 4) is 0 Å². The van der Waals surface area contributed by atoms with E-state index in [0.717, 1.165) is 56.1 Å². The Hall–Kier alpha value is -1.85. The monoisotopic (exact) mass is 291 g/mol. The van der Waals surface area contributed by atoms with Crippen LogP contribution >= 0.6 is 0 Å². The molecule has 0 saturated carbocycles. The van der Waals surface area contributed by atoms with Crippen molar-refractivity contribution in [1.29, 1.82) is 0 Å². The minimum absolute atomic E-state index is 0.0465. The Kier molecular flexibility index (Phi) is 5.36. The number of anilines is 2. The SMILES string of the molecule is CCCNc1ncnc(N2CCCC(C(=O)NC)C2)c1C. The molecule has 1 saturated heterocycles. The Morgan fingerprint density at radius 1 is 1.48 bits per heavy atom. The lowest BCUT2D eigenvalue weighted by atomic mass is 9.97. The van der Waals surface area contributed by atoms with Gasteiger partial charge < -0.3 is 15.5 Å². The normalized spacial score (nSPS) is 18.4. The van der Waals surface area contributed by atoms with Crippen molar-refractivity contribution in [2.45, 2.75) is 33.1 Å². The van der Waals surface area contributed by atoms with Crippen molar-refractivity contribution >= 4 is 17.5 Å². The first-order chi connectivity index (χ1) is 10.2. The van der Waals surface area contributed by atoms with E-state index in [2.05, 4.69) is 32.4 Å². The Morgan fingerprint density at radius 2 is 2.29 bits per heavy atom. The Balaban J connectivity index is 2.15. The summed E-state index contributed by atoms with van der Waals surface area (Å²) in [7, 11) is 1.70. The second kappa shape index (κ2) is 7.24. The topological polar surface area (TPSA) is 70.2 Å². The maximum absolute atomic E-state index is 11.9. The van der Waals surface area contributed by atoms with E-state index in [1.54, 1.807) is 13.4 Å². The molecule has 0 radical (unpaired) electrons. The zero-order chi connectivity index (χ0) is 15.2. The van der Waals surface area contributed by atoms with Gasteiger partial charge in [0.05, 0.1) is 5.92 Å². The van der Waals surface area contributed by atoms with Crippen molar-refractivity contribution in [1.82, 2.24) is 15.3 Å². The lowest BCUT2D eigenvalue weighted by Gasteiger charge is -2.33. The summed E-state index contributed by atoms with van der Waals surface area (Å²) in [6.45, 7) is 6.74. The van der Waals surface area contributed by atoms with Gasteiger partial charge in [0.1, 0.15) is 18.0 Å². The van der Waals surface area contributed by atoms with Crippen molar-refractivity contribution in [3.63, 3.8) is 0 Å². The van der Waals surface area contributed by atoms with Crippen LogP contribution in [0.5, 0.6) is 0 Å². The van der Waals surface area contributed by atoms with Crippen LogP contribution in [0.2, 0.25) is 0 Å². The molecule has 0 aliphatic carbocycles. The van der Waals surface area contributed by atoms with E-state index in [4.69, 9.17) is 0 Å². The average molecular weight is 291 g/mol. The number of piperidine rings is 1. The molecule has 0 aromatic carbocycles. The second-order valence-corrected chi connectivity index (χ2v) is 5.50. The number of nitrogens with one attached hydrogen (secondary N) is 2. The molecule has 2 rings (SSSR count). The van der Waals surface area contributed by atoms with Crippen LogP contribution in [0.1, 0.15) is 31.7 Å². The molecular formula is C15H25N5O. The number of amides is 1. The summed E-state index contributed by atoms with van der Waals surface area (Å²) in [6.07, 6.45) is 4.62. The van der Waals surface area contributed by atoms with Gasteiger partial charge in [-0.1, -0.05) is 6.92 Å². The van der Waals surface area contributed by atoms with E-state index in [1.165, 1.54) is 0 Å². The zero-order valence-corrected chi connectivity index (χ0v) is 13.1. The molecule has 1 aliphatic heterocycles. The molecule has 1 aliphatic rings. The summed E-state index contributed by atoms with van der Waals surface area (Å²) in [6, 6.07) is 0. The van der Waals surface area contributed by atoms with Crippen LogP contribution in [-0.2, 0) is 4.79 Å². The fourth-order valence-electron chi connectivity index (χ4n) is 2.77. The molecule has 1 amide bonds. The number of rotatable bonds is 5. The lowest BCUT2D eigenvalue weighted by Crippen LogP contribution is -2.42. The van der Waals surface area contributed by atoms with E-state index >= 15 is 0 Å². The summed E-state index contributed by atoms with van der Waals surface area (Å²) >= 11 is 0. The minimum atomic E-state index is 0.0465. The summed E-state index contributed by atoms with van der Waals surface area (Å²) in [5.41, 5.74) is 1.06. The summed E-state index contributed by atoms with van der Waals surface area (Å²) in [5.74, 6) is 2.00. The summed E-state index contributed by atoms with van der Waals surface area (Å²) < 4.78 is 0. The predicted molar refractivity (Wildman–Crippen MR) is 84.6 cm³/mol. The third-order valence-corrected chi connectivity index (χ3v) is 3.94. The molecule has 1 aromatic heterocycles. The van der Waals surface area contributed by atoms with Gasteiger partial charge in [-0.05, 0) is 26.2 Å². The van der Waals surface area contributed by atoms with E-state index in [0.29, 0.717) is 0 Å². The zero-order valence-electron chi connectivity index (χ0n) is 13.1. The summed E-state index contributed by atoms with van der Waals surface area (Å²) in [5, 5.41) is 6.08. The first-order valence-electron chi connectivity index (χ1n) is 7.69. The number of hydrogen-bond donors (Lipinski definition) is 2. The van der Waals surface area contributed by atoms with Crippen molar-refractivity contribution in [2.24, 2.45) is 5.92 Å². The fourth-order valence-corrected chi connectivity index (χ4v) is 2.77. The van der Waals surface area contributed by atoms with Crippen LogP contribution in [0.25, 0.3) is 0 Å². The number of nitrogens with zero attached hydrogens (tertiary/aromatic N) is 3. The molecule has 1 fully saturated rings. The van der Waals surface area contributed by atoms with Gasteiger partial charge in [-0.25, -0.2) is 9.97 Å². The molecule has 1 unspecified atom stereocenters. The Morgan fingerprint density at radius 3 is 3.00 bits per heavy atom. The van der Waals surface area contributed by atoms with Crippen LogP contribution in [0.3, 0.4) is 0 Å². The van der Waals surface area contributed by atoms with Gasteiger partial charge in [-0.15, -0.1) is 0 Å². The molecule has 0 bridgehead atoms. The largest absolute Gasteiger partial charge is 0.370 e. The van der Waals surface area contributed by atoms with Gasteiger partial charge >= 0.3 is 0 Å². The smallest absolute Gasteiger partial charge is 0.224 e. The van der Waals surface area contributed by atoms with E-state index < -0.39 is 0 Å². The highest BCUT2D eigenvalue weighted by Gasteiger charge is 2.27. The van der Waals surface area contributed by atoms with Crippen LogP contribution in [-0.4, -0.2) is 42.6 Å². The highest BCUT2D eigenvalue weighted by Crippen LogP contribution is 2.27. The van der Waals surface area contributed by atoms with Crippen molar-refractivity contribution < 1.29 is 4.79 Å². The van der Waals surface area contributed by atoms with Gasteiger partial charge in [0, 0.05) is 32.2 Å². The molecule has 116 valence electrons. The minimum Gasteiger partial charge on any atom is -0.370 e. The van der Waals surface area contributed by atoms with E-state index in [9.17, 15) is 4.79 Å². The van der Waals surface area contributed by atoms with Crippen molar-refractivity contribution in [3.05, 3.63) is 11.9 Å². The van der Waals surface area contributed by atoms with Gasteiger partial charge in [0.2, 0.25) is 5.91 Å². The first kappa shape index (κ1) is 15.5. The van der Waals surface area contributed by atoms with Gasteiger partial charge in [-0.2, -0.15) is 0 Å². The average Bonchev–Trinajstić information content (AvgIpc) is 2.53. The lowest BCUT2D eigenvalue weighted by molar-refractivity contribution is -0.124. The third-order valence-electron chi connectivity index (χ3n) is 3.94. The van der Waals surface area contributed by atoms with Crippen LogP contribution in [0.4, 0.5) is 11.6 Å². The number of carbonyl (C=O) groups is 1. The number of aromatic nitrogens is 2. The molecule has 0 spiro atoms. The fraction of sp³-hybridized carbons (Fsp3) is 0.667. The van der Waals surface area contributed by atoms with Crippen molar-refractivity contribution in [2.75, 3.05) is 36.9 Å². The molecule has 6 heteroatoms. The second-order valence-electron chi connectivity index (χ2n) is 5.50. The molecule has 2 heterocycles. The molecule has 21 heavy (non-hydrogen) atoms. The number of hydrogen-bond acceptors (Lipinski definition) is 5. The Bertz CT molecular complexity index is 491. The van der Waals surface area contributed by atoms with E-state index in [1.807, 2.05) is 6.92 Å². The third kappa shape index (κ3) is 3.62. The van der Waals surface area contributed by atoms with Crippen LogP contribution in [0.15, 0.2) is 6.33 Å². The molecule has 6 nitrogen and oxygen atoms in total. The van der Waals surface area contributed by atoms with E-state index in [-0.39, 0.29) is 11.8 Å². The van der Waals surface area contributed by atoms with Gasteiger partial charge in [0.25, 0.3) is 0 Å².